The predicted octanol–water partition coefficient (Wildman–Crippen LogP) is 3.79. The van der Waals surface area contributed by atoms with Crippen LogP contribution in [-0.4, -0.2) is 12.6 Å². The molecule has 0 saturated heterocycles. The van der Waals surface area contributed by atoms with Crippen molar-refractivity contribution in [3.8, 4) is 11.8 Å². The molecule has 3 rings (SSSR count). The molecule has 3 heteroatoms. The van der Waals surface area contributed by atoms with Crippen LogP contribution in [0.4, 0.5) is 0 Å². The molecule has 0 amide bonds. The molecule has 2 nitrogen and oxygen atoms in total. The Morgan fingerprint density at radius 3 is 2.81 bits per heavy atom. The van der Waals surface area contributed by atoms with Crippen LogP contribution in [-0.2, 0) is 11.3 Å². The molecule has 0 aliphatic heterocycles. The van der Waals surface area contributed by atoms with E-state index < -0.39 is 0 Å². The molecule has 114 valence electrons. The zero-order chi connectivity index (χ0) is 15.1. The lowest BCUT2D eigenvalue weighted by Crippen LogP contribution is -2.37. The lowest BCUT2D eigenvalue weighted by molar-refractivity contribution is -0.0541. The van der Waals surface area contributed by atoms with Gasteiger partial charge in [-0.2, -0.15) is 0 Å². The van der Waals surface area contributed by atoms with Crippen molar-refractivity contribution in [2.75, 3.05) is 6.54 Å². The van der Waals surface area contributed by atoms with Crippen molar-refractivity contribution in [2.24, 2.45) is 22.5 Å². The van der Waals surface area contributed by atoms with Gasteiger partial charge in [0.15, 0.2) is 0 Å². The fourth-order valence-electron chi connectivity index (χ4n) is 4.23. The molecule has 0 aromatic carbocycles. The average Bonchev–Trinajstić information content (AvgIpc) is 3.04. The van der Waals surface area contributed by atoms with Crippen LogP contribution in [0.15, 0.2) is 12.1 Å². The Balaban J connectivity index is 1.63. The van der Waals surface area contributed by atoms with E-state index in [1.54, 1.807) is 11.3 Å². The summed E-state index contributed by atoms with van der Waals surface area (Å²) in [6, 6.07) is 4.20. The Labute approximate surface area is 132 Å². The van der Waals surface area contributed by atoms with Gasteiger partial charge in [-0.15, -0.1) is 11.3 Å². The molecule has 2 bridgehead atoms. The van der Waals surface area contributed by atoms with E-state index in [4.69, 9.17) is 10.5 Å². The molecule has 2 fully saturated rings. The summed E-state index contributed by atoms with van der Waals surface area (Å²) in [6.07, 6.45) is 4.33. The lowest BCUT2D eigenvalue weighted by Gasteiger charge is -2.38. The first kappa shape index (κ1) is 15.1. The van der Waals surface area contributed by atoms with Crippen LogP contribution in [0.25, 0.3) is 0 Å². The summed E-state index contributed by atoms with van der Waals surface area (Å²) in [5.74, 6) is 6.82. The van der Waals surface area contributed by atoms with Gasteiger partial charge in [-0.1, -0.05) is 32.6 Å². The van der Waals surface area contributed by atoms with Gasteiger partial charge in [0.05, 0.1) is 24.1 Å². The molecule has 2 aliphatic carbocycles. The van der Waals surface area contributed by atoms with Crippen molar-refractivity contribution < 1.29 is 4.74 Å². The summed E-state index contributed by atoms with van der Waals surface area (Å²) in [4.78, 5) is 2.35. The lowest BCUT2D eigenvalue weighted by atomic mass is 9.70. The molecule has 1 heterocycles. The fraction of sp³-hybridized carbons (Fsp3) is 0.667. The summed E-state index contributed by atoms with van der Waals surface area (Å²) < 4.78 is 6.32. The Morgan fingerprint density at radius 1 is 1.38 bits per heavy atom. The zero-order valence-electron chi connectivity index (χ0n) is 13.2. The van der Waals surface area contributed by atoms with Crippen LogP contribution in [0, 0.1) is 28.6 Å². The van der Waals surface area contributed by atoms with Crippen LogP contribution >= 0.6 is 11.3 Å². The maximum absolute atomic E-state index is 6.32. The van der Waals surface area contributed by atoms with Crippen LogP contribution in [0.2, 0.25) is 0 Å². The first-order valence-electron chi connectivity index (χ1n) is 7.86. The molecular weight excluding hydrogens is 278 g/mol. The quantitative estimate of drug-likeness (QED) is 0.862. The Bertz CT molecular complexity index is 580. The highest BCUT2D eigenvalue weighted by molar-refractivity contribution is 7.12. The number of fused-ring (bicyclic) bond motifs is 2. The van der Waals surface area contributed by atoms with Crippen molar-refractivity contribution in [3.05, 3.63) is 21.9 Å². The van der Waals surface area contributed by atoms with E-state index in [-0.39, 0.29) is 0 Å². The van der Waals surface area contributed by atoms with Gasteiger partial charge in [-0.25, -0.2) is 0 Å². The van der Waals surface area contributed by atoms with E-state index in [2.05, 4.69) is 44.7 Å². The Hall–Kier alpha value is -0.820. The van der Waals surface area contributed by atoms with E-state index in [1.165, 1.54) is 24.1 Å². The van der Waals surface area contributed by atoms with Gasteiger partial charge in [-0.05, 0) is 48.1 Å². The second-order valence-corrected chi connectivity index (χ2v) is 8.35. The van der Waals surface area contributed by atoms with Gasteiger partial charge < -0.3 is 10.5 Å². The first-order valence-corrected chi connectivity index (χ1v) is 8.68. The highest BCUT2D eigenvalue weighted by atomic mass is 32.1. The van der Waals surface area contributed by atoms with Gasteiger partial charge in [0.25, 0.3) is 0 Å². The van der Waals surface area contributed by atoms with Crippen molar-refractivity contribution >= 4 is 11.3 Å². The largest absolute Gasteiger partial charge is 0.372 e. The zero-order valence-corrected chi connectivity index (χ0v) is 14.1. The molecule has 2 saturated carbocycles. The highest BCUT2D eigenvalue weighted by Crippen LogP contribution is 2.66. The Kier molecular flexibility index (Phi) is 3.90. The molecule has 1 aromatic rings. The van der Waals surface area contributed by atoms with Crippen molar-refractivity contribution in [1.29, 1.82) is 0 Å². The minimum atomic E-state index is 0.344. The summed E-state index contributed by atoms with van der Waals surface area (Å²) in [6.45, 7) is 8.43. The predicted molar refractivity (Wildman–Crippen MR) is 88.1 cm³/mol. The van der Waals surface area contributed by atoms with E-state index >= 15 is 0 Å². The monoisotopic (exact) mass is 303 g/mol. The molecule has 0 radical (unpaired) electrons. The van der Waals surface area contributed by atoms with Gasteiger partial charge >= 0.3 is 0 Å². The third-order valence-corrected chi connectivity index (χ3v) is 7.09. The number of thiophene rings is 1. The minimum absolute atomic E-state index is 0.344. The topological polar surface area (TPSA) is 35.2 Å². The number of nitrogens with two attached hydrogens (primary N) is 1. The van der Waals surface area contributed by atoms with E-state index in [0.717, 1.165) is 17.4 Å². The first-order chi connectivity index (χ1) is 9.97. The van der Waals surface area contributed by atoms with Gasteiger partial charge in [-0.3, -0.25) is 0 Å². The fourth-order valence-corrected chi connectivity index (χ4v) is 5.03. The molecular formula is C18H25NOS. The molecule has 1 aromatic heterocycles. The third kappa shape index (κ3) is 2.44. The second-order valence-electron chi connectivity index (χ2n) is 7.18. The van der Waals surface area contributed by atoms with Crippen LogP contribution in [0.1, 0.15) is 49.8 Å². The summed E-state index contributed by atoms with van der Waals surface area (Å²) in [5, 5.41) is 0. The number of rotatable bonds is 3. The molecule has 0 spiro atoms. The molecule has 3 atom stereocenters. The van der Waals surface area contributed by atoms with Gasteiger partial charge in [0.1, 0.15) is 0 Å². The normalized spacial score (nSPS) is 33.0. The smallest absolute Gasteiger partial charge is 0.0813 e. The summed E-state index contributed by atoms with van der Waals surface area (Å²) >= 11 is 1.72. The van der Waals surface area contributed by atoms with Crippen molar-refractivity contribution in [1.82, 2.24) is 0 Å². The molecule has 2 aliphatic rings. The maximum atomic E-state index is 6.32. The third-order valence-electron chi connectivity index (χ3n) is 6.12. The van der Waals surface area contributed by atoms with Crippen molar-refractivity contribution in [2.45, 2.75) is 52.7 Å². The minimum Gasteiger partial charge on any atom is -0.372 e. The molecule has 3 unspecified atom stereocenters. The highest BCUT2D eigenvalue weighted by Gasteiger charge is 2.61. The number of hydrogen-bond donors (Lipinski definition) is 1. The summed E-state index contributed by atoms with van der Waals surface area (Å²) in [5.41, 5.74) is 6.17. The van der Waals surface area contributed by atoms with Crippen LogP contribution in [0.5, 0.6) is 0 Å². The number of hydrogen-bond acceptors (Lipinski definition) is 3. The van der Waals surface area contributed by atoms with Gasteiger partial charge in [0, 0.05) is 4.88 Å². The summed E-state index contributed by atoms with van der Waals surface area (Å²) in [7, 11) is 0. The number of ether oxygens (including phenoxy) is 1. The SMILES string of the molecule is CC1(C)C2CCC1(C)C(OCc1ccc(C#CCN)s1)C2. The molecule has 2 N–H and O–H groups in total. The van der Waals surface area contributed by atoms with Crippen LogP contribution in [0.3, 0.4) is 0 Å². The molecule has 21 heavy (non-hydrogen) atoms. The van der Waals surface area contributed by atoms with Crippen LogP contribution < -0.4 is 5.73 Å². The van der Waals surface area contributed by atoms with E-state index in [0.29, 0.717) is 23.5 Å². The van der Waals surface area contributed by atoms with E-state index in [1.807, 2.05) is 0 Å². The maximum Gasteiger partial charge on any atom is 0.0813 e. The van der Waals surface area contributed by atoms with E-state index in [9.17, 15) is 0 Å². The standard InChI is InChI=1S/C18H25NOS/c1-17(2)13-8-9-18(17,3)16(11-13)20-12-15-7-6-14(21-15)5-4-10-19/h6-7,13,16H,8-12,19H2,1-3H3. The second kappa shape index (κ2) is 5.43. The van der Waals surface area contributed by atoms with Crippen molar-refractivity contribution in [3.63, 3.8) is 0 Å². The van der Waals surface area contributed by atoms with Gasteiger partial charge in [0.2, 0.25) is 0 Å². The average molecular weight is 303 g/mol. The Morgan fingerprint density at radius 2 is 2.19 bits per heavy atom.